The van der Waals surface area contributed by atoms with Gasteiger partial charge in [-0.25, -0.2) is 0 Å². The summed E-state index contributed by atoms with van der Waals surface area (Å²) in [6.45, 7) is 23.7. The molecular weight excluding hydrogens is 693 g/mol. The fourth-order valence-electron chi connectivity index (χ4n) is 8.44. The standard InChI is InChI=1S/C39H54N3Si.3ClH.Ti/c1-23-17-20-26(4)36(33(23)40(11)12)43(39-31(9)29(7)30(8)32(39)10,37-27(5)21-18-24(2)34(37)41(13)14)38-28(6)22-19-25(3)35(38)42(15)16;;;;/h17-22H,1-16H3;3*1H;/q;;;;+3/p-3. The summed E-state index contributed by atoms with van der Waals surface area (Å²) in [6.07, 6.45) is 0. The van der Waals surface area contributed by atoms with Crippen molar-refractivity contribution in [3.8, 4) is 0 Å². The molecule has 0 N–H and O–H groups in total. The van der Waals surface area contributed by atoms with Gasteiger partial charge in [0.05, 0.1) is 0 Å². The normalized spacial score (nSPS) is 14.0. The van der Waals surface area contributed by atoms with Crippen LogP contribution in [-0.4, -0.2) is 50.4 Å². The van der Waals surface area contributed by atoms with Gasteiger partial charge in [-0.15, -0.1) is 0 Å². The van der Waals surface area contributed by atoms with Gasteiger partial charge in [0.15, 0.2) is 0 Å². The molecule has 0 heterocycles. The van der Waals surface area contributed by atoms with Gasteiger partial charge in [0.2, 0.25) is 0 Å². The molecule has 0 bridgehead atoms. The smallest absolute Gasteiger partial charge is 1.00 e. The van der Waals surface area contributed by atoms with Crippen molar-refractivity contribution in [3.63, 3.8) is 0 Å². The van der Waals surface area contributed by atoms with Crippen LogP contribution in [0.4, 0.5) is 17.1 Å². The third-order valence-corrected chi connectivity index (χ3v) is 19.6. The number of benzene rings is 3. The number of allylic oxidation sites excluding steroid dienone is 4. The second-order valence-corrected chi connectivity index (χ2v) is 19.7. The van der Waals surface area contributed by atoms with Gasteiger partial charge in [-0.1, -0.05) is 0 Å². The average Bonchev–Trinajstić information content (AvgIpc) is 3.09. The molecule has 254 valence electrons. The molecule has 0 saturated heterocycles. The zero-order valence-corrected chi connectivity index (χ0v) is 36.3. The fourth-order valence-corrected chi connectivity index (χ4v) is 18.5. The Bertz CT molecular complexity index is 1550. The SMILES string of the molecule is CC1=C(C)[C]([Ti+3])([Si](c2c(C)ccc(C)c2N(C)C)(c2c(C)ccc(C)c2N(C)C)c2c(C)ccc(C)c2N(C)C)C(C)=C1C.[Cl-].[Cl-].[Cl-]. The van der Waals surface area contributed by atoms with Crippen molar-refractivity contribution in [2.24, 2.45) is 0 Å². The Hall–Kier alpha value is -1.66. The summed E-state index contributed by atoms with van der Waals surface area (Å²) in [5.74, 6) is 0. The molecule has 1 aliphatic carbocycles. The predicted octanol–water partition coefficient (Wildman–Crippen LogP) is -1.85. The molecule has 0 aliphatic heterocycles. The van der Waals surface area contributed by atoms with Crippen molar-refractivity contribution < 1.29 is 57.7 Å². The minimum absolute atomic E-state index is 0. The molecule has 0 fully saturated rings. The predicted molar refractivity (Wildman–Crippen MR) is 195 cm³/mol. The van der Waals surface area contributed by atoms with Crippen LogP contribution in [0.1, 0.15) is 61.1 Å². The fraction of sp³-hybridized carbons (Fsp3) is 0.436. The van der Waals surface area contributed by atoms with E-state index in [9.17, 15) is 0 Å². The molecule has 3 aromatic carbocycles. The van der Waals surface area contributed by atoms with E-state index in [-0.39, 0.29) is 40.6 Å². The van der Waals surface area contributed by atoms with Crippen LogP contribution in [0.2, 0.25) is 3.34 Å². The van der Waals surface area contributed by atoms with Crippen molar-refractivity contribution in [2.75, 3.05) is 57.0 Å². The molecule has 0 radical (unpaired) electrons. The first-order chi connectivity index (χ1) is 20.4. The van der Waals surface area contributed by atoms with Crippen LogP contribution in [-0.2, 0) is 20.4 Å². The number of rotatable bonds is 7. The van der Waals surface area contributed by atoms with Gasteiger partial charge >= 0.3 is 283 Å². The molecule has 0 aromatic heterocycles. The summed E-state index contributed by atoms with van der Waals surface area (Å²) >= 11 is 2.62. The van der Waals surface area contributed by atoms with Crippen molar-refractivity contribution in [1.29, 1.82) is 0 Å². The quantitative estimate of drug-likeness (QED) is 0.208. The first kappa shape index (κ1) is 43.4. The van der Waals surface area contributed by atoms with Crippen LogP contribution in [0, 0.1) is 41.5 Å². The Morgan fingerprint density at radius 3 is 0.851 bits per heavy atom. The third kappa shape index (κ3) is 6.30. The van der Waals surface area contributed by atoms with E-state index in [0.29, 0.717) is 0 Å². The molecule has 0 saturated carbocycles. The molecule has 4 rings (SSSR count). The van der Waals surface area contributed by atoms with E-state index in [1.807, 2.05) is 0 Å². The molecule has 0 spiro atoms. The van der Waals surface area contributed by atoms with Gasteiger partial charge in [0.1, 0.15) is 0 Å². The maximum atomic E-state index is 2.62. The molecule has 47 heavy (non-hydrogen) atoms. The molecule has 8 heteroatoms. The minimum atomic E-state index is -3.12. The van der Waals surface area contributed by atoms with Crippen LogP contribution in [0.15, 0.2) is 58.7 Å². The number of nitrogens with zero attached hydrogens (tertiary/aromatic N) is 3. The zero-order valence-electron chi connectivity index (χ0n) is 31.4. The van der Waals surface area contributed by atoms with E-state index in [2.05, 4.69) is 183 Å². The summed E-state index contributed by atoms with van der Waals surface area (Å²) < 4.78 is -0.225. The monoisotopic (exact) mass is 745 g/mol. The van der Waals surface area contributed by atoms with Gasteiger partial charge in [0.25, 0.3) is 0 Å². The Labute approximate surface area is 317 Å². The summed E-state index contributed by atoms with van der Waals surface area (Å²) in [5.41, 5.74) is 18.2. The molecule has 3 nitrogen and oxygen atoms in total. The number of anilines is 3. The first-order valence-electron chi connectivity index (χ1n) is 15.8. The van der Waals surface area contributed by atoms with Gasteiger partial charge in [0, 0.05) is 0 Å². The van der Waals surface area contributed by atoms with Crippen molar-refractivity contribution in [2.45, 2.75) is 72.6 Å². The number of hydrogen-bond donors (Lipinski definition) is 0. The van der Waals surface area contributed by atoms with Crippen molar-refractivity contribution >= 4 is 40.7 Å². The largest absolute Gasteiger partial charge is 1.00 e. The average molecular weight is 747 g/mol. The Balaban J connectivity index is 0.00000368. The van der Waals surface area contributed by atoms with Crippen LogP contribution < -0.4 is 67.5 Å². The van der Waals surface area contributed by atoms with Gasteiger partial charge < -0.3 is 37.2 Å². The van der Waals surface area contributed by atoms with E-state index in [4.69, 9.17) is 0 Å². The van der Waals surface area contributed by atoms with E-state index in [0.717, 1.165) is 0 Å². The second-order valence-electron chi connectivity index (χ2n) is 14.0. The van der Waals surface area contributed by atoms with Gasteiger partial charge in [-0.05, 0) is 0 Å². The second kappa shape index (κ2) is 15.5. The Kier molecular flexibility index (Phi) is 14.3. The summed E-state index contributed by atoms with van der Waals surface area (Å²) in [7, 11) is 10.4. The van der Waals surface area contributed by atoms with E-state index in [1.165, 1.54) is 72.7 Å². The summed E-state index contributed by atoms with van der Waals surface area (Å²) in [4.78, 5) is 7.20. The van der Waals surface area contributed by atoms with Crippen LogP contribution in [0.3, 0.4) is 0 Å². The molecule has 1 aliphatic rings. The van der Waals surface area contributed by atoms with E-state index >= 15 is 0 Å². The molecule has 0 amide bonds. The van der Waals surface area contributed by atoms with Gasteiger partial charge in [-0.3, -0.25) is 0 Å². The van der Waals surface area contributed by atoms with Crippen LogP contribution >= 0.6 is 0 Å². The number of hydrogen-bond acceptors (Lipinski definition) is 3. The van der Waals surface area contributed by atoms with Crippen molar-refractivity contribution in [3.05, 3.63) is 92.1 Å². The summed E-state index contributed by atoms with van der Waals surface area (Å²) in [6, 6.07) is 14.2. The zero-order chi connectivity index (χ0) is 33.2. The molecule has 0 unspecified atom stereocenters. The summed E-state index contributed by atoms with van der Waals surface area (Å²) in [5, 5.41) is 4.62. The van der Waals surface area contributed by atoms with Crippen LogP contribution in [0.5, 0.6) is 0 Å². The number of halogens is 3. The third-order valence-electron chi connectivity index (χ3n) is 10.6. The maximum Gasteiger partial charge on any atom is -1.00 e. The van der Waals surface area contributed by atoms with E-state index in [1.54, 1.807) is 15.6 Å². The maximum absolute atomic E-state index is 3.12. The first-order valence-corrected chi connectivity index (χ1v) is 18.6. The molecule has 3 aromatic rings. The molecular formula is C39H54Cl3N3SiTi. The van der Waals surface area contributed by atoms with Gasteiger partial charge in [-0.2, -0.15) is 0 Å². The van der Waals surface area contributed by atoms with Crippen LogP contribution in [0.25, 0.3) is 0 Å². The topological polar surface area (TPSA) is 9.72 Å². The van der Waals surface area contributed by atoms with E-state index < -0.39 is 8.07 Å². The van der Waals surface area contributed by atoms with Crippen molar-refractivity contribution in [1.82, 2.24) is 0 Å². The minimum Gasteiger partial charge on any atom is -1.00 e. The number of aryl methyl sites for hydroxylation is 6. The molecule has 0 atom stereocenters. The Morgan fingerprint density at radius 1 is 0.426 bits per heavy atom. The Morgan fingerprint density at radius 2 is 0.638 bits per heavy atom.